The van der Waals surface area contributed by atoms with Gasteiger partial charge in [0, 0.05) is 25.0 Å². The van der Waals surface area contributed by atoms with Crippen molar-refractivity contribution >= 4 is 11.8 Å². The summed E-state index contributed by atoms with van der Waals surface area (Å²) in [6, 6.07) is 2.53. The molecule has 2 aromatic heterocycles. The number of pyridine rings is 1. The molecule has 2 amide bonds. The fourth-order valence-corrected chi connectivity index (χ4v) is 2.95. The normalized spacial score (nSPS) is 13.8. The number of carbonyl (C=O) groups excluding carboxylic acids is 2. The SMILES string of the molecule is CNC(=O)c1cn(CC(F)CCC2=CC=C(NC(=O)Cc3cc(OC(F)F)ccn3)NN2)nn1. The lowest BCUT2D eigenvalue weighted by Crippen LogP contribution is -2.41. The van der Waals surface area contributed by atoms with Crippen LogP contribution in [-0.4, -0.2) is 51.6 Å². The number of carbonyl (C=O) groups is 2. The molecule has 182 valence electrons. The molecule has 0 aromatic carbocycles. The molecule has 3 heterocycles. The zero-order chi connectivity index (χ0) is 24.5. The Bertz CT molecular complexity index is 1070. The molecule has 0 radical (unpaired) electrons. The average molecular weight is 480 g/mol. The maximum atomic E-state index is 14.3. The lowest BCUT2D eigenvalue weighted by atomic mass is 10.1. The Hall–Kier alpha value is -4.10. The quantitative estimate of drug-likeness (QED) is 0.373. The number of rotatable bonds is 11. The van der Waals surface area contributed by atoms with Crippen molar-refractivity contribution in [1.29, 1.82) is 0 Å². The molecule has 1 unspecified atom stereocenters. The molecule has 1 atom stereocenters. The van der Waals surface area contributed by atoms with Gasteiger partial charge in [-0.2, -0.15) is 8.78 Å². The van der Waals surface area contributed by atoms with Crippen molar-refractivity contribution in [3.63, 3.8) is 0 Å². The lowest BCUT2D eigenvalue weighted by Gasteiger charge is -2.20. The van der Waals surface area contributed by atoms with Gasteiger partial charge in [-0.05, 0) is 31.1 Å². The van der Waals surface area contributed by atoms with Gasteiger partial charge in [-0.1, -0.05) is 5.21 Å². The van der Waals surface area contributed by atoms with Gasteiger partial charge in [0.15, 0.2) is 5.69 Å². The van der Waals surface area contributed by atoms with Gasteiger partial charge in [-0.15, -0.1) is 5.10 Å². The third kappa shape index (κ3) is 7.50. The fourth-order valence-electron chi connectivity index (χ4n) is 2.95. The van der Waals surface area contributed by atoms with Crippen molar-refractivity contribution in [1.82, 2.24) is 41.5 Å². The van der Waals surface area contributed by atoms with Gasteiger partial charge in [-0.25, -0.2) is 9.07 Å². The summed E-state index contributed by atoms with van der Waals surface area (Å²) in [6.45, 7) is -3.01. The van der Waals surface area contributed by atoms with Crippen LogP contribution in [0.4, 0.5) is 13.2 Å². The highest BCUT2D eigenvalue weighted by molar-refractivity contribution is 5.91. The van der Waals surface area contributed by atoms with Gasteiger partial charge in [0.1, 0.15) is 17.7 Å². The minimum atomic E-state index is -2.97. The molecule has 14 heteroatoms. The van der Waals surface area contributed by atoms with Crippen molar-refractivity contribution in [3.8, 4) is 5.75 Å². The summed E-state index contributed by atoms with van der Waals surface area (Å²) < 4.78 is 44.5. The van der Waals surface area contributed by atoms with E-state index in [1.165, 1.54) is 36.3 Å². The van der Waals surface area contributed by atoms with Gasteiger partial charge >= 0.3 is 6.61 Å². The van der Waals surface area contributed by atoms with E-state index in [4.69, 9.17) is 0 Å². The number of amides is 2. The zero-order valence-electron chi connectivity index (χ0n) is 18.1. The van der Waals surface area contributed by atoms with Crippen molar-refractivity contribution < 1.29 is 27.5 Å². The third-order valence-corrected chi connectivity index (χ3v) is 4.55. The van der Waals surface area contributed by atoms with Crippen LogP contribution in [0.5, 0.6) is 5.75 Å². The van der Waals surface area contributed by atoms with Gasteiger partial charge in [-0.3, -0.25) is 20.0 Å². The maximum Gasteiger partial charge on any atom is 0.387 e. The van der Waals surface area contributed by atoms with Gasteiger partial charge in [0.25, 0.3) is 5.91 Å². The van der Waals surface area contributed by atoms with Crippen LogP contribution in [0.1, 0.15) is 29.0 Å². The molecule has 1 aliphatic heterocycles. The minimum Gasteiger partial charge on any atom is -0.435 e. The first-order chi connectivity index (χ1) is 16.3. The summed E-state index contributed by atoms with van der Waals surface area (Å²) in [5.41, 5.74) is 6.73. The number of allylic oxidation sites excluding steroid dienone is 3. The average Bonchev–Trinajstić information content (AvgIpc) is 3.26. The Morgan fingerprint density at radius 1 is 1.24 bits per heavy atom. The Morgan fingerprint density at radius 2 is 2.06 bits per heavy atom. The highest BCUT2D eigenvalue weighted by Gasteiger charge is 2.15. The first-order valence-corrected chi connectivity index (χ1v) is 10.2. The zero-order valence-corrected chi connectivity index (χ0v) is 18.1. The van der Waals surface area contributed by atoms with E-state index in [9.17, 15) is 22.8 Å². The number of alkyl halides is 3. The topological polar surface area (TPSA) is 135 Å². The first kappa shape index (κ1) is 24.5. The van der Waals surface area contributed by atoms with E-state index < -0.39 is 24.6 Å². The summed E-state index contributed by atoms with van der Waals surface area (Å²) in [5, 5.41) is 12.4. The van der Waals surface area contributed by atoms with Crippen LogP contribution in [0, 0.1) is 0 Å². The number of ether oxygens (including phenoxy) is 1. The van der Waals surface area contributed by atoms with Crippen LogP contribution in [0.3, 0.4) is 0 Å². The molecule has 2 aromatic rings. The van der Waals surface area contributed by atoms with E-state index in [0.29, 0.717) is 17.9 Å². The number of halogens is 3. The van der Waals surface area contributed by atoms with E-state index in [-0.39, 0.29) is 36.5 Å². The van der Waals surface area contributed by atoms with Crippen molar-refractivity contribution in [2.45, 2.75) is 38.6 Å². The second-order valence-corrected chi connectivity index (χ2v) is 7.15. The van der Waals surface area contributed by atoms with Crippen LogP contribution >= 0.6 is 0 Å². The van der Waals surface area contributed by atoms with Crippen LogP contribution in [0.2, 0.25) is 0 Å². The van der Waals surface area contributed by atoms with Crippen molar-refractivity contribution in [3.05, 3.63) is 59.6 Å². The molecule has 34 heavy (non-hydrogen) atoms. The maximum absolute atomic E-state index is 14.3. The monoisotopic (exact) mass is 480 g/mol. The summed E-state index contributed by atoms with van der Waals surface area (Å²) in [5.74, 6) is -0.551. The van der Waals surface area contributed by atoms with Gasteiger partial charge in [0.2, 0.25) is 5.91 Å². The molecule has 0 spiro atoms. The standard InChI is InChI=1S/C20H23F3N8O3/c1-24-19(33)16-11-31(30-28-16)10-12(21)2-3-13-4-5-17(29-27-13)26-18(32)9-14-8-15(6-7-25-14)34-20(22)23/h4-8,11-12,20,27,29H,2-3,9-10H2,1H3,(H,24,33)(H,26,32). The predicted molar refractivity (Wildman–Crippen MR) is 113 cm³/mol. The van der Waals surface area contributed by atoms with Crippen LogP contribution < -0.4 is 26.2 Å². The predicted octanol–water partition coefficient (Wildman–Crippen LogP) is 0.944. The number of hydrogen-bond donors (Lipinski definition) is 4. The molecule has 3 rings (SSSR count). The van der Waals surface area contributed by atoms with Gasteiger partial charge in [0.05, 0.1) is 24.9 Å². The molecule has 0 saturated carbocycles. The highest BCUT2D eigenvalue weighted by atomic mass is 19.3. The molecule has 0 aliphatic carbocycles. The van der Waals surface area contributed by atoms with E-state index in [2.05, 4.69) is 41.5 Å². The van der Waals surface area contributed by atoms with E-state index in [0.717, 1.165) is 0 Å². The first-order valence-electron chi connectivity index (χ1n) is 10.2. The van der Waals surface area contributed by atoms with Crippen LogP contribution in [-0.2, 0) is 17.8 Å². The lowest BCUT2D eigenvalue weighted by molar-refractivity contribution is -0.119. The Labute approximate surface area is 192 Å². The minimum absolute atomic E-state index is 0.0422. The molecular formula is C20H23F3N8O3. The molecule has 4 N–H and O–H groups in total. The largest absolute Gasteiger partial charge is 0.435 e. The van der Waals surface area contributed by atoms with Crippen molar-refractivity contribution in [2.75, 3.05) is 7.05 Å². The highest BCUT2D eigenvalue weighted by Crippen LogP contribution is 2.15. The number of nitrogens with one attached hydrogen (secondary N) is 4. The van der Waals surface area contributed by atoms with Crippen LogP contribution in [0.25, 0.3) is 0 Å². The fraction of sp³-hybridized carbons (Fsp3) is 0.350. The molecular weight excluding hydrogens is 457 g/mol. The molecule has 0 bridgehead atoms. The van der Waals surface area contributed by atoms with E-state index in [1.807, 2.05) is 0 Å². The second-order valence-electron chi connectivity index (χ2n) is 7.15. The van der Waals surface area contributed by atoms with Crippen molar-refractivity contribution in [2.24, 2.45) is 0 Å². The molecule has 1 aliphatic rings. The third-order valence-electron chi connectivity index (χ3n) is 4.55. The van der Waals surface area contributed by atoms with Crippen LogP contribution in [0.15, 0.2) is 48.2 Å². The summed E-state index contributed by atoms with van der Waals surface area (Å²) in [7, 11) is 1.47. The number of hydrogen-bond acceptors (Lipinski definition) is 8. The van der Waals surface area contributed by atoms with E-state index >= 15 is 0 Å². The Balaban J connectivity index is 1.43. The van der Waals surface area contributed by atoms with Gasteiger partial charge < -0.3 is 20.8 Å². The summed E-state index contributed by atoms with van der Waals surface area (Å²) >= 11 is 0. The molecule has 11 nitrogen and oxygen atoms in total. The summed E-state index contributed by atoms with van der Waals surface area (Å²) in [6.07, 6.45) is 5.14. The Morgan fingerprint density at radius 3 is 2.76 bits per heavy atom. The number of aromatic nitrogens is 4. The smallest absolute Gasteiger partial charge is 0.387 e. The number of hydrazine groups is 1. The number of nitrogens with zero attached hydrogens (tertiary/aromatic N) is 4. The molecule has 0 saturated heterocycles. The summed E-state index contributed by atoms with van der Waals surface area (Å²) in [4.78, 5) is 27.6. The Kier molecular flexibility index (Phi) is 8.43. The molecule has 0 fully saturated rings. The second kappa shape index (κ2) is 11.7. The van der Waals surface area contributed by atoms with E-state index in [1.54, 1.807) is 12.2 Å².